The highest BCUT2D eigenvalue weighted by atomic mass is 16.5. The number of ketones is 1. The number of ether oxygens (including phenoxy) is 1. The van der Waals surface area contributed by atoms with Crippen LogP contribution >= 0.6 is 0 Å². The van der Waals surface area contributed by atoms with Crippen molar-refractivity contribution in [3.63, 3.8) is 0 Å². The lowest BCUT2D eigenvalue weighted by molar-refractivity contribution is -0.136. The molecule has 12 nitrogen and oxygen atoms in total. The van der Waals surface area contributed by atoms with E-state index in [9.17, 15) is 24.3 Å². The van der Waals surface area contributed by atoms with Gasteiger partial charge in [-0.3, -0.25) is 24.6 Å². The number of amides is 3. The fourth-order valence-electron chi connectivity index (χ4n) is 5.15. The third-order valence-electron chi connectivity index (χ3n) is 8.16. The highest BCUT2D eigenvalue weighted by Gasteiger charge is 2.38. The van der Waals surface area contributed by atoms with Crippen molar-refractivity contribution < 1.29 is 29.0 Å². The average molecular weight is 693 g/mol. The number of likely N-dealkylation sites (tertiary alicyclic amines) is 1. The average Bonchev–Trinajstić information content (AvgIpc) is 3.50. The van der Waals surface area contributed by atoms with Crippen LogP contribution in [0.2, 0.25) is 0 Å². The Labute approximate surface area is 297 Å². The second-order valence-electron chi connectivity index (χ2n) is 14.9. The first kappa shape index (κ1) is 41.4. The normalized spacial score (nSPS) is 14.9. The SMILES string of the molecule is C=C(CCCCC(C)(C)NC(=O)c1ccc(O)cn1)NC(C(=O)N1CCC[C@H]1C(=O)NC(C=C(C)C)C(=O)C(=N)OC(=C)C(C)(C)C)=C(C)C. The van der Waals surface area contributed by atoms with Crippen LogP contribution < -0.4 is 16.0 Å². The highest BCUT2D eigenvalue weighted by Crippen LogP contribution is 2.25. The fraction of sp³-hybridized carbons (Fsp3) is 0.526. The molecule has 274 valence electrons. The van der Waals surface area contributed by atoms with Gasteiger partial charge in [-0.25, -0.2) is 4.98 Å². The van der Waals surface area contributed by atoms with Crippen LogP contribution in [0.15, 0.2) is 65.9 Å². The van der Waals surface area contributed by atoms with Crippen LogP contribution in [0.1, 0.15) is 111 Å². The van der Waals surface area contributed by atoms with Gasteiger partial charge in [-0.2, -0.15) is 0 Å². The minimum absolute atomic E-state index is 0.0108. The zero-order valence-corrected chi connectivity index (χ0v) is 31.2. The Kier molecular flexibility index (Phi) is 14.7. The minimum Gasteiger partial charge on any atom is -0.506 e. The van der Waals surface area contributed by atoms with Crippen molar-refractivity contribution in [2.24, 2.45) is 5.41 Å². The summed E-state index contributed by atoms with van der Waals surface area (Å²) in [5.74, 6) is -2.24. The Morgan fingerprint density at radius 1 is 1.10 bits per heavy atom. The molecule has 1 saturated heterocycles. The number of aromatic nitrogens is 1. The highest BCUT2D eigenvalue weighted by molar-refractivity contribution is 6.38. The monoisotopic (exact) mass is 692 g/mol. The molecule has 12 heteroatoms. The molecular formula is C38H56N6O6. The molecule has 50 heavy (non-hydrogen) atoms. The van der Waals surface area contributed by atoms with E-state index in [0.717, 1.165) is 24.0 Å². The Morgan fingerprint density at radius 2 is 1.76 bits per heavy atom. The Morgan fingerprint density at radius 3 is 2.32 bits per heavy atom. The van der Waals surface area contributed by atoms with Gasteiger partial charge < -0.3 is 30.7 Å². The molecule has 0 spiro atoms. The Bertz CT molecular complexity index is 1530. The molecule has 1 fully saturated rings. The van der Waals surface area contributed by atoms with Crippen LogP contribution in [0.4, 0.5) is 0 Å². The summed E-state index contributed by atoms with van der Waals surface area (Å²) in [7, 11) is 0. The number of unbranched alkanes of at least 4 members (excludes halogenated alkanes) is 1. The van der Waals surface area contributed by atoms with Gasteiger partial charge in [0.1, 0.15) is 35.0 Å². The summed E-state index contributed by atoms with van der Waals surface area (Å²) in [6.07, 6.45) is 6.64. The molecule has 0 aromatic carbocycles. The van der Waals surface area contributed by atoms with E-state index in [-0.39, 0.29) is 29.0 Å². The predicted octanol–water partition coefficient (Wildman–Crippen LogP) is 5.82. The number of nitrogens with one attached hydrogen (secondary N) is 4. The Balaban J connectivity index is 2.01. The van der Waals surface area contributed by atoms with E-state index < -0.39 is 40.6 Å². The third kappa shape index (κ3) is 12.6. The molecule has 1 aliphatic rings. The molecule has 1 aromatic heterocycles. The van der Waals surface area contributed by atoms with E-state index >= 15 is 0 Å². The van der Waals surface area contributed by atoms with Crippen LogP contribution in [0, 0.1) is 10.8 Å². The summed E-state index contributed by atoms with van der Waals surface area (Å²) >= 11 is 0. The second kappa shape index (κ2) is 17.8. The summed E-state index contributed by atoms with van der Waals surface area (Å²) < 4.78 is 5.43. The smallest absolute Gasteiger partial charge is 0.270 e. The minimum atomic E-state index is -1.14. The van der Waals surface area contributed by atoms with Crippen molar-refractivity contribution in [1.82, 2.24) is 25.8 Å². The predicted molar refractivity (Wildman–Crippen MR) is 195 cm³/mol. The van der Waals surface area contributed by atoms with Crippen molar-refractivity contribution in [3.8, 4) is 5.75 Å². The molecule has 0 radical (unpaired) electrons. The number of nitrogens with zero attached hydrogens (tertiary/aromatic N) is 2. The Hall–Kier alpha value is -4.74. The van der Waals surface area contributed by atoms with Crippen LogP contribution in [-0.4, -0.2) is 68.6 Å². The first-order valence-electron chi connectivity index (χ1n) is 17.0. The van der Waals surface area contributed by atoms with Crippen molar-refractivity contribution in [1.29, 1.82) is 5.41 Å². The first-order valence-corrected chi connectivity index (χ1v) is 17.0. The molecule has 1 aromatic rings. The van der Waals surface area contributed by atoms with Crippen LogP contribution in [0.25, 0.3) is 0 Å². The number of allylic oxidation sites excluding steroid dienone is 4. The zero-order valence-electron chi connectivity index (χ0n) is 31.2. The molecule has 5 N–H and O–H groups in total. The first-order chi connectivity index (χ1) is 23.1. The van der Waals surface area contributed by atoms with Crippen molar-refractivity contribution in [2.45, 2.75) is 118 Å². The quantitative estimate of drug-likeness (QED) is 0.0360. The maximum Gasteiger partial charge on any atom is 0.270 e. The summed E-state index contributed by atoms with van der Waals surface area (Å²) in [5, 5.41) is 26.6. The number of Topliss-reactive ketones (excluding diaryl/α,β-unsaturated/α-hetero) is 1. The summed E-state index contributed by atoms with van der Waals surface area (Å²) in [6, 6.07) is 0.933. The molecule has 2 atom stereocenters. The van der Waals surface area contributed by atoms with E-state index in [4.69, 9.17) is 10.1 Å². The van der Waals surface area contributed by atoms with E-state index in [1.54, 1.807) is 19.9 Å². The molecule has 1 unspecified atom stereocenters. The van der Waals surface area contributed by atoms with Gasteiger partial charge in [-0.15, -0.1) is 0 Å². The standard InChI is InChI=1S/C38H56N6O6/c1-23(2)21-29(32(46)33(39)50-26(6)37(7,8)9)42-35(48)30-16-14-20-44(30)36(49)31(24(3)4)41-25(5)15-12-13-19-38(10,11)43-34(47)28-18-17-27(45)22-40-28/h17-18,21-22,29-30,39,41,45H,5-6,12-16,19-20H2,1-4,7-11H3,(H,42,48)(H,43,47)/t29?,30-/m0/s1. The fourth-order valence-corrected chi connectivity index (χ4v) is 5.15. The number of hydrogen-bond donors (Lipinski definition) is 5. The number of hydrogen-bond acceptors (Lipinski definition) is 9. The number of carbonyl (C=O) groups is 4. The van der Waals surface area contributed by atoms with Crippen LogP contribution in [-0.2, 0) is 19.1 Å². The topological polar surface area (TPSA) is 174 Å². The summed E-state index contributed by atoms with van der Waals surface area (Å²) in [6.45, 7) is 24.9. The largest absolute Gasteiger partial charge is 0.506 e. The number of rotatable bonds is 16. The maximum absolute atomic E-state index is 13.8. The van der Waals surface area contributed by atoms with Crippen molar-refractivity contribution in [3.05, 3.63) is 71.6 Å². The van der Waals surface area contributed by atoms with Gasteiger partial charge in [-0.05, 0) is 91.4 Å². The van der Waals surface area contributed by atoms with Crippen molar-refractivity contribution in [2.75, 3.05) is 6.54 Å². The molecule has 0 aliphatic carbocycles. The summed E-state index contributed by atoms with van der Waals surface area (Å²) in [4.78, 5) is 58.7. The number of carbonyl (C=O) groups excluding carboxylic acids is 4. The second-order valence-corrected chi connectivity index (χ2v) is 14.9. The van der Waals surface area contributed by atoms with E-state index in [1.807, 2.05) is 48.5 Å². The lowest BCUT2D eigenvalue weighted by Crippen LogP contribution is -2.52. The van der Waals surface area contributed by atoms with Gasteiger partial charge in [0.2, 0.25) is 11.7 Å². The number of pyridine rings is 1. The van der Waals surface area contributed by atoms with Crippen LogP contribution in [0.3, 0.4) is 0 Å². The number of aromatic hydroxyl groups is 1. The lowest BCUT2D eigenvalue weighted by atomic mass is 9.95. The van der Waals surface area contributed by atoms with Gasteiger partial charge >= 0.3 is 0 Å². The molecular weight excluding hydrogens is 636 g/mol. The molecule has 1 aliphatic heterocycles. The summed E-state index contributed by atoms with van der Waals surface area (Å²) in [5.41, 5.74) is 1.72. The molecule has 2 rings (SSSR count). The maximum atomic E-state index is 13.8. The van der Waals surface area contributed by atoms with Gasteiger partial charge in [0.05, 0.1) is 6.20 Å². The molecule has 0 bridgehead atoms. The molecule has 3 amide bonds. The van der Waals surface area contributed by atoms with Crippen molar-refractivity contribution >= 4 is 29.4 Å². The molecule has 0 saturated carbocycles. The van der Waals surface area contributed by atoms with E-state index in [1.165, 1.54) is 23.2 Å². The van der Waals surface area contributed by atoms with Gasteiger partial charge in [0.15, 0.2) is 0 Å². The van der Waals surface area contributed by atoms with E-state index in [0.29, 0.717) is 43.6 Å². The third-order valence-corrected chi connectivity index (χ3v) is 8.16. The lowest BCUT2D eigenvalue weighted by Gasteiger charge is -2.28. The van der Waals surface area contributed by atoms with Gasteiger partial charge in [0.25, 0.3) is 17.7 Å². The molecule has 2 heterocycles. The van der Waals surface area contributed by atoms with E-state index in [2.05, 4.69) is 34.1 Å². The van der Waals surface area contributed by atoms with Crippen LogP contribution in [0.5, 0.6) is 5.75 Å². The van der Waals surface area contributed by atoms with Gasteiger partial charge in [0, 0.05) is 23.2 Å². The zero-order chi connectivity index (χ0) is 38.0. The van der Waals surface area contributed by atoms with Gasteiger partial charge in [-0.1, -0.05) is 52.0 Å².